The number of likely N-dealkylation sites (N-methyl/N-ethyl adjacent to an activating group) is 1. The maximum Gasteiger partial charge on any atom is 0.154 e. The van der Waals surface area contributed by atoms with Crippen molar-refractivity contribution in [2.24, 2.45) is 5.41 Å². The molecule has 1 heterocycles. The second-order valence-electron chi connectivity index (χ2n) is 6.77. The molecule has 0 aromatic heterocycles. The number of hydrogen-bond donors (Lipinski definition) is 1. The molecule has 0 aromatic rings. The van der Waals surface area contributed by atoms with E-state index in [1.165, 1.54) is 12.8 Å². The molecule has 0 aromatic carbocycles. The Bertz CT molecular complexity index is 394. The first-order chi connectivity index (χ1) is 8.20. The molecule has 2 rings (SSSR count). The van der Waals surface area contributed by atoms with E-state index in [0.717, 1.165) is 12.8 Å². The molecule has 1 saturated carbocycles. The summed E-state index contributed by atoms with van der Waals surface area (Å²) >= 11 is 0. The topological polar surface area (TPSA) is 57.6 Å². The van der Waals surface area contributed by atoms with Gasteiger partial charge in [0, 0.05) is 6.04 Å². The first kappa shape index (κ1) is 14.3. The lowest BCUT2D eigenvalue weighted by Gasteiger charge is -2.41. The zero-order valence-corrected chi connectivity index (χ0v) is 12.4. The monoisotopic (exact) mass is 275 g/mol. The molecule has 106 valence electrons. The molecule has 5 heteroatoms. The Morgan fingerprint density at radius 2 is 1.72 bits per heavy atom. The molecule has 1 aliphatic carbocycles. The molecule has 0 radical (unpaired) electrons. The maximum atomic E-state index is 11.6. The fraction of sp³-hybridized carbons (Fsp3) is 1.00. The first-order valence-corrected chi connectivity index (χ1v) is 8.63. The summed E-state index contributed by atoms with van der Waals surface area (Å²) in [5.74, 6) is 0.0464. The Morgan fingerprint density at radius 1 is 1.17 bits per heavy atom. The van der Waals surface area contributed by atoms with Crippen LogP contribution in [0.2, 0.25) is 0 Å². The van der Waals surface area contributed by atoms with Crippen molar-refractivity contribution in [1.82, 2.24) is 4.90 Å². The van der Waals surface area contributed by atoms with E-state index in [-0.39, 0.29) is 17.5 Å². The first-order valence-electron chi connectivity index (χ1n) is 6.81. The molecule has 4 nitrogen and oxygen atoms in total. The van der Waals surface area contributed by atoms with Gasteiger partial charge in [-0.1, -0.05) is 13.8 Å². The quantitative estimate of drug-likeness (QED) is 0.818. The molecule has 0 spiro atoms. The fourth-order valence-electron chi connectivity index (χ4n) is 3.26. The van der Waals surface area contributed by atoms with Gasteiger partial charge in [0.1, 0.15) is 0 Å². The predicted molar refractivity (Wildman–Crippen MR) is 72.2 cm³/mol. The zero-order chi connectivity index (χ0) is 13.6. The van der Waals surface area contributed by atoms with Crippen LogP contribution in [0, 0.1) is 5.41 Å². The molecule has 2 unspecified atom stereocenters. The number of aliphatic hydroxyl groups excluding tert-OH is 1. The van der Waals surface area contributed by atoms with Gasteiger partial charge in [-0.25, -0.2) is 8.42 Å². The van der Waals surface area contributed by atoms with Crippen molar-refractivity contribution in [3.05, 3.63) is 0 Å². The third kappa shape index (κ3) is 3.06. The van der Waals surface area contributed by atoms with Gasteiger partial charge in [-0.2, -0.15) is 0 Å². The highest BCUT2D eigenvalue weighted by molar-refractivity contribution is 7.91. The molecule has 0 amide bonds. The molecule has 1 N–H and O–H groups in total. The minimum Gasteiger partial charge on any atom is -0.390 e. The number of hydrogen-bond acceptors (Lipinski definition) is 4. The average molecular weight is 275 g/mol. The average Bonchev–Trinajstić information content (AvgIpc) is 2.51. The summed E-state index contributed by atoms with van der Waals surface area (Å²) in [4.78, 5) is 2.12. The lowest BCUT2D eigenvalue weighted by atomic mass is 9.75. The van der Waals surface area contributed by atoms with Crippen molar-refractivity contribution in [3.8, 4) is 0 Å². The van der Waals surface area contributed by atoms with Gasteiger partial charge in [0.15, 0.2) is 9.84 Å². The van der Waals surface area contributed by atoms with E-state index in [2.05, 4.69) is 18.7 Å². The Labute approximate surface area is 110 Å². The third-order valence-electron chi connectivity index (χ3n) is 4.70. The van der Waals surface area contributed by atoms with E-state index < -0.39 is 15.9 Å². The van der Waals surface area contributed by atoms with Crippen molar-refractivity contribution in [2.75, 3.05) is 18.6 Å². The van der Waals surface area contributed by atoms with E-state index in [4.69, 9.17) is 0 Å². The summed E-state index contributed by atoms with van der Waals surface area (Å²) in [6, 6.07) is 0.215. The molecule has 0 bridgehead atoms. The standard InChI is InChI=1S/C13H25NO3S/c1-13(2)6-4-10(5-7-13)14(3)11-8-18(16,17)9-12(11)15/h10-12,15H,4-9H2,1-3H3. The van der Waals surface area contributed by atoms with Crippen LogP contribution in [0.5, 0.6) is 0 Å². The lowest BCUT2D eigenvalue weighted by molar-refractivity contribution is 0.0446. The minimum atomic E-state index is -3.04. The van der Waals surface area contributed by atoms with Crippen molar-refractivity contribution < 1.29 is 13.5 Å². The van der Waals surface area contributed by atoms with Crippen molar-refractivity contribution in [1.29, 1.82) is 0 Å². The Hall–Kier alpha value is -0.130. The highest BCUT2D eigenvalue weighted by Crippen LogP contribution is 2.37. The summed E-state index contributed by atoms with van der Waals surface area (Å²) in [5, 5.41) is 9.91. The fourth-order valence-corrected chi connectivity index (χ4v) is 5.12. The van der Waals surface area contributed by atoms with Gasteiger partial charge in [0.05, 0.1) is 23.7 Å². The molecule has 18 heavy (non-hydrogen) atoms. The SMILES string of the molecule is CN(C1CCC(C)(C)CC1)C1CS(=O)(=O)CC1O. The van der Waals surface area contributed by atoms with Crippen LogP contribution in [0.25, 0.3) is 0 Å². The van der Waals surface area contributed by atoms with E-state index in [9.17, 15) is 13.5 Å². The molecule has 2 aliphatic rings. The summed E-state index contributed by atoms with van der Waals surface area (Å²) in [5.41, 5.74) is 0.414. The van der Waals surface area contributed by atoms with Gasteiger partial charge in [-0.15, -0.1) is 0 Å². The summed E-state index contributed by atoms with van der Waals surface area (Å²) in [7, 11) is -1.07. The second kappa shape index (κ2) is 4.76. The van der Waals surface area contributed by atoms with Crippen molar-refractivity contribution in [3.63, 3.8) is 0 Å². The number of aliphatic hydroxyl groups is 1. The predicted octanol–water partition coefficient (Wildman–Crippen LogP) is 1.04. The highest BCUT2D eigenvalue weighted by Gasteiger charge is 2.41. The van der Waals surface area contributed by atoms with Gasteiger partial charge in [-0.05, 0) is 38.1 Å². The Balaban J connectivity index is 1.98. The highest BCUT2D eigenvalue weighted by atomic mass is 32.2. The van der Waals surface area contributed by atoms with Crippen molar-refractivity contribution >= 4 is 9.84 Å². The number of nitrogens with zero attached hydrogens (tertiary/aromatic N) is 1. The van der Waals surface area contributed by atoms with Gasteiger partial charge in [0.2, 0.25) is 0 Å². The largest absolute Gasteiger partial charge is 0.390 e. The van der Waals surface area contributed by atoms with Crippen LogP contribution in [0.4, 0.5) is 0 Å². The summed E-state index contributed by atoms with van der Waals surface area (Å²) in [6.07, 6.45) is 3.85. The normalized spacial score (nSPS) is 36.1. The number of sulfone groups is 1. The molecule has 1 saturated heterocycles. The molecule has 2 fully saturated rings. The Morgan fingerprint density at radius 3 is 2.17 bits per heavy atom. The summed E-state index contributed by atoms with van der Waals surface area (Å²) in [6.45, 7) is 4.58. The molecule has 1 aliphatic heterocycles. The van der Waals surface area contributed by atoms with Crippen LogP contribution in [0.15, 0.2) is 0 Å². The Kier molecular flexibility index (Phi) is 3.78. The van der Waals surface area contributed by atoms with Crippen LogP contribution in [0.3, 0.4) is 0 Å². The zero-order valence-electron chi connectivity index (χ0n) is 11.6. The van der Waals surface area contributed by atoms with E-state index in [1.807, 2.05) is 7.05 Å². The van der Waals surface area contributed by atoms with E-state index in [0.29, 0.717) is 11.5 Å². The van der Waals surface area contributed by atoms with E-state index in [1.54, 1.807) is 0 Å². The second-order valence-corrected chi connectivity index (χ2v) is 8.93. The van der Waals surface area contributed by atoms with Crippen molar-refractivity contribution in [2.45, 2.75) is 57.7 Å². The lowest BCUT2D eigenvalue weighted by Crippen LogP contribution is -2.48. The smallest absolute Gasteiger partial charge is 0.154 e. The van der Waals surface area contributed by atoms with E-state index >= 15 is 0 Å². The number of rotatable bonds is 2. The van der Waals surface area contributed by atoms with Gasteiger partial charge in [-0.3, -0.25) is 4.90 Å². The van der Waals surface area contributed by atoms with Crippen LogP contribution >= 0.6 is 0 Å². The maximum absolute atomic E-state index is 11.6. The molecule has 2 atom stereocenters. The van der Waals surface area contributed by atoms with Gasteiger partial charge < -0.3 is 5.11 Å². The van der Waals surface area contributed by atoms with Crippen LogP contribution in [-0.4, -0.2) is 55.2 Å². The molecular formula is C13H25NO3S. The van der Waals surface area contributed by atoms with Crippen LogP contribution < -0.4 is 0 Å². The van der Waals surface area contributed by atoms with Crippen LogP contribution in [0.1, 0.15) is 39.5 Å². The van der Waals surface area contributed by atoms with Crippen LogP contribution in [-0.2, 0) is 9.84 Å². The van der Waals surface area contributed by atoms with Gasteiger partial charge >= 0.3 is 0 Å². The van der Waals surface area contributed by atoms with Gasteiger partial charge in [0.25, 0.3) is 0 Å². The third-order valence-corrected chi connectivity index (χ3v) is 6.40. The summed E-state index contributed by atoms with van der Waals surface area (Å²) < 4.78 is 23.1. The minimum absolute atomic E-state index is 0.0692. The molecular weight excluding hydrogens is 250 g/mol.